The molecule has 0 unspecified atom stereocenters. The van der Waals surface area contributed by atoms with Crippen molar-refractivity contribution in [2.24, 2.45) is 0 Å². The molecule has 2 aromatic heterocycles. The van der Waals surface area contributed by atoms with Crippen molar-refractivity contribution < 1.29 is 4.74 Å². The number of rotatable bonds is 6. The van der Waals surface area contributed by atoms with E-state index < -0.39 is 0 Å². The quantitative estimate of drug-likeness (QED) is 0.751. The average Bonchev–Trinajstić information content (AvgIpc) is 3.05. The highest BCUT2D eigenvalue weighted by molar-refractivity contribution is 7.15. The van der Waals surface area contributed by atoms with Crippen LogP contribution in [0.25, 0.3) is 4.96 Å². The minimum atomic E-state index is 0.680. The summed E-state index contributed by atoms with van der Waals surface area (Å²) in [7, 11) is 1.93. The minimum Gasteiger partial charge on any atom is -0.437 e. The third-order valence-electron chi connectivity index (χ3n) is 3.35. The van der Waals surface area contributed by atoms with E-state index in [2.05, 4.69) is 33.8 Å². The number of aromatic nitrogens is 2. The Hall–Kier alpha value is -1.85. The molecular formula is C16H19N3OS. The van der Waals surface area contributed by atoms with Gasteiger partial charge in [-0.2, -0.15) is 4.98 Å². The molecule has 0 aliphatic heterocycles. The lowest BCUT2D eigenvalue weighted by molar-refractivity contribution is 0.457. The van der Waals surface area contributed by atoms with Gasteiger partial charge in [0, 0.05) is 18.1 Å². The molecule has 0 aliphatic carbocycles. The van der Waals surface area contributed by atoms with Gasteiger partial charge < -0.3 is 10.1 Å². The summed E-state index contributed by atoms with van der Waals surface area (Å²) in [6.07, 6.45) is 4.28. The molecule has 0 fully saturated rings. The third kappa shape index (κ3) is 2.94. The van der Waals surface area contributed by atoms with Crippen LogP contribution in [0, 0.1) is 0 Å². The van der Waals surface area contributed by atoms with Gasteiger partial charge in [-0.25, -0.2) is 0 Å². The summed E-state index contributed by atoms with van der Waals surface area (Å²) in [5.41, 5.74) is 2.39. The Morgan fingerprint density at radius 1 is 1.29 bits per heavy atom. The number of benzene rings is 1. The van der Waals surface area contributed by atoms with Gasteiger partial charge in [0.25, 0.3) is 0 Å². The number of fused-ring (bicyclic) bond motifs is 1. The first-order chi connectivity index (χ1) is 10.3. The van der Waals surface area contributed by atoms with E-state index >= 15 is 0 Å². The molecule has 0 atom stereocenters. The van der Waals surface area contributed by atoms with Crippen LogP contribution in [0.4, 0.5) is 0 Å². The maximum absolute atomic E-state index is 5.97. The molecule has 110 valence electrons. The Morgan fingerprint density at radius 2 is 2.10 bits per heavy atom. The van der Waals surface area contributed by atoms with Crippen LogP contribution in [-0.4, -0.2) is 16.4 Å². The molecule has 0 amide bonds. The second-order valence-electron chi connectivity index (χ2n) is 4.95. The molecule has 1 aromatic carbocycles. The highest BCUT2D eigenvalue weighted by atomic mass is 32.1. The third-order valence-corrected chi connectivity index (χ3v) is 4.10. The van der Waals surface area contributed by atoms with Gasteiger partial charge in [-0.3, -0.25) is 4.40 Å². The minimum absolute atomic E-state index is 0.680. The van der Waals surface area contributed by atoms with Crippen molar-refractivity contribution in [3.8, 4) is 11.6 Å². The molecule has 3 aromatic rings. The lowest BCUT2D eigenvalue weighted by Crippen LogP contribution is -2.08. The fourth-order valence-electron chi connectivity index (χ4n) is 2.35. The second kappa shape index (κ2) is 6.28. The first-order valence-corrected chi connectivity index (χ1v) is 8.05. The van der Waals surface area contributed by atoms with Crippen LogP contribution < -0.4 is 10.1 Å². The topological polar surface area (TPSA) is 38.6 Å². The highest BCUT2D eigenvalue weighted by Crippen LogP contribution is 2.28. The van der Waals surface area contributed by atoms with Crippen LogP contribution >= 0.6 is 11.3 Å². The van der Waals surface area contributed by atoms with E-state index in [9.17, 15) is 0 Å². The second-order valence-corrected chi connectivity index (χ2v) is 5.82. The number of nitrogens with one attached hydrogen (secondary N) is 1. The predicted octanol–water partition coefficient (Wildman–Crippen LogP) is 3.86. The monoisotopic (exact) mass is 301 g/mol. The summed E-state index contributed by atoms with van der Waals surface area (Å²) in [4.78, 5) is 5.52. The van der Waals surface area contributed by atoms with E-state index in [-0.39, 0.29) is 0 Å². The zero-order valence-electron chi connectivity index (χ0n) is 12.3. The molecule has 21 heavy (non-hydrogen) atoms. The van der Waals surface area contributed by atoms with Gasteiger partial charge in [-0.15, -0.1) is 11.3 Å². The van der Waals surface area contributed by atoms with Crippen molar-refractivity contribution in [1.82, 2.24) is 14.7 Å². The van der Waals surface area contributed by atoms with Crippen molar-refractivity contribution in [1.29, 1.82) is 0 Å². The number of ether oxygens (including phenoxy) is 1. The summed E-state index contributed by atoms with van der Waals surface area (Å²) in [6, 6.07) is 8.27. The predicted molar refractivity (Wildman–Crippen MR) is 86.3 cm³/mol. The molecule has 0 aliphatic rings. The Bertz CT molecular complexity index is 715. The zero-order valence-corrected chi connectivity index (χ0v) is 13.1. The van der Waals surface area contributed by atoms with Gasteiger partial charge in [0.15, 0.2) is 4.96 Å². The number of nitrogens with zero attached hydrogens (tertiary/aromatic N) is 2. The number of thiazole rings is 1. The lowest BCUT2D eigenvalue weighted by Gasteiger charge is -2.07. The van der Waals surface area contributed by atoms with E-state index in [1.54, 1.807) is 11.3 Å². The van der Waals surface area contributed by atoms with Gasteiger partial charge in [-0.1, -0.05) is 25.5 Å². The molecule has 5 heteroatoms. The summed E-state index contributed by atoms with van der Waals surface area (Å²) in [6.45, 7) is 2.91. The molecule has 4 nitrogen and oxygen atoms in total. The summed E-state index contributed by atoms with van der Waals surface area (Å²) < 4.78 is 8.04. The van der Waals surface area contributed by atoms with Gasteiger partial charge in [0.2, 0.25) is 5.88 Å². The van der Waals surface area contributed by atoms with E-state index in [0.29, 0.717) is 5.88 Å². The van der Waals surface area contributed by atoms with Crippen molar-refractivity contribution in [2.45, 2.75) is 26.3 Å². The molecule has 3 rings (SSSR count). The van der Waals surface area contributed by atoms with E-state index in [1.807, 2.05) is 30.8 Å². The molecule has 0 saturated carbocycles. The van der Waals surface area contributed by atoms with Crippen LogP contribution in [0.2, 0.25) is 0 Å². The number of imidazole rings is 1. The normalized spacial score (nSPS) is 11.1. The van der Waals surface area contributed by atoms with E-state index in [1.165, 1.54) is 5.56 Å². The zero-order chi connectivity index (χ0) is 14.7. The standard InChI is InChI=1S/C16H19N3OS/c1-3-4-12-5-7-13(8-6-12)20-15-14(11-17-2)19-9-10-21-16(19)18-15/h5-10,17H,3-4,11H2,1-2H3. The van der Waals surface area contributed by atoms with Crippen molar-refractivity contribution in [3.63, 3.8) is 0 Å². The molecule has 2 heterocycles. The smallest absolute Gasteiger partial charge is 0.243 e. The van der Waals surface area contributed by atoms with Crippen LogP contribution in [0.15, 0.2) is 35.8 Å². The van der Waals surface area contributed by atoms with Crippen LogP contribution in [-0.2, 0) is 13.0 Å². The summed E-state index contributed by atoms with van der Waals surface area (Å²) in [5.74, 6) is 1.51. The largest absolute Gasteiger partial charge is 0.437 e. The van der Waals surface area contributed by atoms with Gasteiger partial charge >= 0.3 is 0 Å². The Labute approximate surface area is 128 Å². The lowest BCUT2D eigenvalue weighted by atomic mass is 10.1. The summed E-state index contributed by atoms with van der Waals surface area (Å²) in [5, 5.41) is 5.20. The maximum atomic E-state index is 5.97. The Morgan fingerprint density at radius 3 is 2.81 bits per heavy atom. The molecule has 0 radical (unpaired) electrons. The Balaban J connectivity index is 1.86. The van der Waals surface area contributed by atoms with E-state index in [4.69, 9.17) is 4.74 Å². The number of hydrogen-bond donors (Lipinski definition) is 1. The molecule has 0 saturated heterocycles. The first kappa shape index (κ1) is 14.1. The Kier molecular flexibility index (Phi) is 4.22. The van der Waals surface area contributed by atoms with Crippen LogP contribution in [0.1, 0.15) is 24.6 Å². The van der Waals surface area contributed by atoms with Crippen molar-refractivity contribution >= 4 is 16.3 Å². The maximum Gasteiger partial charge on any atom is 0.243 e. The van der Waals surface area contributed by atoms with E-state index in [0.717, 1.165) is 35.8 Å². The molecule has 0 bridgehead atoms. The fraction of sp³-hybridized carbons (Fsp3) is 0.312. The number of hydrogen-bond acceptors (Lipinski definition) is 4. The van der Waals surface area contributed by atoms with Crippen LogP contribution in [0.3, 0.4) is 0 Å². The van der Waals surface area contributed by atoms with Gasteiger partial charge in [0.05, 0.1) is 0 Å². The SMILES string of the molecule is CCCc1ccc(Oc2nc3sccn3c2CNC)cc1. The number of aryl methyl sites for hydroxylation is 1. The fourth-order valence-corrected chi connectivity index (χ4v) is 3.07. The first-order valence-electron chi connectivity index (χ1n) is 7.17. The van der Waals surface area contributed by atoms with Crippen LogP contribution in [0.5, 0.6) is 11.6 Å². The molecular weight excluding hydrogens is 282 g/mol. The average molecular weight is 301 g/mol. The highest BCUT2D eigenvalue weighted by Gasteiger charge is 2.14. The molecule has 0 spiro atoms. The van der Waals surface area contributed by atoms with Gasteiger partial charge in [-0.05, 0) is 31.2 Å². The van der Waals surface area contributed by atoms with Crippen molar-refractivity contribution in [2.75, 3.05) is 7.05 Å². The van der Waals surface area contributed by atoms with Gasteiger partial charge in [0.1, 0.15) is 11.4 Å². The molecule has 1 N–H and O–H groups in total. The summed E-state index contributed by atoms with van der Waals surface area (Å²) >= 11 is 1.61. The van der Waals surface area contributed by atoms with Crippen molar-refractivity contribution in [3.05, 3.63) is 47.1 Å².